The smallest absolute Gasteiger partial charge is 0.338 e. The molecule has 3 aromatic rings. The zero-order valence-electron chi connectivity index (χ0n) is 18.7. The predicted octanol–water partition coefficient (Wildman–Crippen LogP) is 3.85. The molecule has 0 saturated heterocycles. The van der Waals surface area contributed by atoms with Crippen LogP contribution in [0, 0.1) is 0 Å². The highest BCUT2D eigenvalue weighted by Gasteiger charge is 2.33. The van der Waals surface area contributed by atoms with Crippen molar-refractivity contribution in [1.82, 2.24) is 4.57 Å². The van der Waals surface area contributed by atoms with E-state index in [-0.39, 0.29) is 11.7 Å². The Kier molecular flexibility index (Phi) is 6.54. The van der Waals surface area contributed by atoms with Crippen LogP contribution < -0.4 is 19.6 Å². The van der Waals surface area contributed by atoms with E-state index in [1.165, 1.54) is 11.3 Å². The molecule has 0 bridgehead atoms. The van der Waals surface area contributed by atoms with Gasteiger partial charge in [0.1, 0.15) is 5.75 Å². The van der Waals surface area contributed by atoms with Gasteiger partial charge in [-0.15, -0.1) is 0 Å². The summed E-state index contributed by atoms with van der Waals surface area (Å²) in [5.41, 5.74) is 2.10. The first-order valence-corrected chi connectivity index (χ1v) is 11.6. The molecule has 1 aromatic heterocycles. The van der Waals surface area contributed by atoms with Crippen molar-refractivity contribution in [2.24, 2.45) is 4.99 Å². The maximum absolute atomic E-state index is 13.6. The molecular formula is C25H23ClN2O4S. The van der Waals surface area contributed by atoms with E-state index in [1.54, 1.807) is 56.7 Å². The fourth-order valence-electron chi connectivity index (χ4n) is 3.70. The molecular weight excluding hydrogens is 460 g/mol. The minimum absolute atomic E-state index is 0.248. The summed E-state index contributed by atoms with van der Waals surface area (Å²) in [6, 6.07) is 13.9. The van der Waals surface area contributed by atoms with E-state index in [1.807, 2.05) is 30.3 Å². The van der Waals surface area contributed by atoms with Crippen LogP contribution in [-0.2, 0) is 9.53 Å². The molecule has 6 nitrogen and oxygen atoms in total. The highest BCUT2D eigenvalue weighted by molar-refractivity contribution is 7.07. The average Bonchev–Trinajstić information content (AvgIpc) is 3.08. The fourth-order valence-corrected chi connectivity index (χ4v) is 4.92. The molecule has 2 heterocycles. The molecule has 0 spiro atoms. The van der Waals surface area contributed by atoms with E-state index in [4.69, 9.17) is 21.1 Å². The molecule has 0 radical (unpaired) electrons. The number of fused-ring (bicyclic) bond motifs is 1. The molecule has 0 saturated carbocycles. The van der Waals surface area contributed by atoms with E-state index in [0.29, 0.717) is 31.4 Å². The third kappa shape index (κ3) is 4.51. The quantitative estimate of drug-likeness (QED) is 0.518. The Balaban J connectivity index is 1.95. The number of aromatic nitrogens is 1. The van der Waals surface area contributed by atoms with Gasteiger partial charge in [-0.3, -0.25) is 9.36 Å². The van der Waals surface area contributed by atoms with Crippen molar-refractivity contribution >= 4 is 35.0 Å². The first kappa shape index (κ1) is 23.0. The lowest BCUT2D eigenvalue weighted by atomic mass is 9.96. The number of halogens is 1. The van der Waals surface area contributed by atoms with Crippen molar-refractivity contribution in [3.63, 3.8) is 0 Å². The number of esters is 1. The van der Waals surface area contributed by atoms with Crippen LogP contribution in [0.5, 0.6) is 5.75 Å². The lowest BCUT2D eigenvalue weighted by molar-refractivity contribution is -0.143. The van der Waals surface area contributed by atoms with Crippen molar-refractivity contribution in [2.45, 2.75) is 32.9 Å². The molecule has 1 atom stereocenters. The second kappa shape index (κ2) is 9.37. The number of nitrogens with zero attached hydrogens (tertiary/aromatic N) is 2. The summed E-state index contributed by atoms with van der Waals surface area (Å²) < 4.78 is 12.8. The normalized spacial score (nSPS) is 15.9. The summed E-state index contributed by atoms with van der Waals surface area (Å²) >= 11 is 7.56. The SMILES string of the molecule is COc1ccc([C@@H]2C(C(=O)OC(C)C)=C(C)N=c3s/c(=C/c4ccccc4Cl)c(=O)n32)cc1. The van der Waals surface area contributed by atoms with Crippen LogP contribution in [-0.4, -0.2) is 23.8 Å². The van der Waals surface area contributed by atoms with Crippen LogP contribution in [0.25, 0.3) is 6.08 Å². The number of thiazole rings is 1. The molecule has 1 aliphatic heterocycles. The lowest BCUT2D eigenvalue weighted by Crippen LogP contribution is -2.40. The molecule has 33 heavy (non-hydrogen) atoms. The van der Waals surface area contributed by atoms with Crippen molar-refractivity contribution < 1.29 is 14.3 Å². The van der Waals surface area contributed by atoms with Crippen molar-refractivity contribution in [1.29, 1.82) is 0 Å². The second-order valence-corrected chi connectivity index (χ2v) is 9.25. The third-order valence-electron chi connectivity index (χ3n) is 5.21. The first-order chi connectivity index (χ1) is 15.8. The molecule has 0 amide bonds. The summed E-state index contributed by atoms with van der Waals surface area (Å²) in [5.74, 6) is 0.185. The molecule has 8 heteroatoms. The largest absolute Gasteiger partial charge is 0.497 e. The standard InChI is InChI=1S/C25H23ClN2O4S/c1-14(2)32-24(30)21-15(3)27-25-28(22(21)16-9-11-18(31-4)12-10-16)23(29)20(33-25)13-17-7-5-6-8-19(17)26/h5-14,22H,1-4H3/b20-13+/t22-/m1/s1. The summed E-state index contributed by atoms with van der Waals surface area (Å²) in [6.45, 7) is 5.34. The third-order valence-corrected chi connectivity index (χ3v) is 6.53. The average molecular weight is 483 g/mol. The lowest BCUT2D eigenvalue weighted by Gasteiger charge is -2.25. The van der Waals surface area contributed by atoms with Gasteiger partial charge in [-0.1, -0.05) is 53.3 Å². The fraction of sp³-hybridized carbons (Fsp3) is 0.240. The molecule has 2 aromatic carbocycles. The van der Waals surface area contributed by atoms with Gasteiger partial charge >= 0.3 is 5.97 Å². The summed E-state index contributed by atoms with van der Waals surface area (Å²) in [5, 5.41) is 0.549. The number of methoxy groups -OCH3 is 1. The summed E-state index contributed by atoms with van der Waals surface area (Å²) in [6.07, 6.45) is 1.45. The van der Waals surface area contributed by atoms with Gasteiger partial charge < -0.3 is 9.47 Å². The van der Waals surface area contributed by atoms with Crippen LogP contribution >= 0.6 is 22.9 Å². The Morgan fingerprint density at radius 2 is 1.88 bits per heavy atom. The Morgan fingerprint density at radius 3 is 2.52 bits per heavy atom. The van der Waals surface area contributed by atoms with Gasteiger partial charge in [-0.25, -0.2) is 9.79 Å². The summed E-state index contributed by atoms with van der Waals surface area (Å²) in [7, 11) is 1.59. The maximum Gasteiger partial charge on any atom is 0.338 e. The summed E-state index contributed by atoms with van der Waals surface area (Å²) in [4.78, 5) is 31.8. The molecule has 0 unspecified atom stereocenters. The van der Waals surface area contributed by atoms with Crippen LogP contribution in [0.2, 0.25) is 5.02 Å². The number of allylic oxidation sites excluding steroid dienone is 1. The van der Waals surface area contributed by atoms with E-state index in [0.717, 1.165) is 11.1 Å². The van der Waals surface area contributed by atoms with E-state index < -0.39 is 12.0 Å². The molecule has 170 valence electrons. The van der Waals surface area contributed by atoms with Crippen LogP contribution in [0.15, 0.2) is 69.6 Å². The molecule has 0 fully saturated rings. The van der Waals surface area contributed by atoms with Gasteiger partial charge in [-0.2, -0.15) is 0 Å². The monoisotopic (exact) mass is 482 g/mol. The van der Waals surface area contributed by atoms with Gasteiger partial charge in [0.2, 0.25) is 0 Å². The van der Waals surface area contributed by atoms with Crippen LogP contribution in [0.3, 0.4) is 0 Å². The van der Waals surface area contributed by atoms with Gasteiger partial charge in [0, 0.05) is 5.02 Å². The Hall–Kier alpha value is -3.16. The van der Waals surface area contributed by atoms with Crippen LogP contribution in [0.1, 0.15) is 37.9 Å². The minimum Gasteiger partial charge on any atom is -0.497 e. The topological polar surface area (TPSA) is 69.9 Å². The predicted molar refractivity (Wildman–Crippen MR) is 129 cm³/mol. The number of ether oxygens (including phenoxy) is 2. The van der Waals surface area contributed by atoms with E-state index >= 15 is 0 Å². The number of carbonyl (C=O) groups excluding carboxylic acids is 1. The molecule has 0 aliphatic carbocycles. The highest BCUT2D eigenvalue weighted by atomic mass is 35.5. The van der Waals surface area contributed by atoms with Gasteiger partial charge in [0.25, 0.3) is 5.56 Å². The Morgan fingerprint density at radius 1 is 1.18 bits per heavy atom. The minimum atomic E-state index is -0.674. The second-order valence-electron chi connectivity index (χ2n) is 7.83. The zero-order chi connectivity index (χ0) is 23.7. The van der Waals surface area contributed by atoms with E-state index in [9.17, 15) is 9.59 Å². The Labute approximate surface area is 200 Å². The Bertz CT molecular complexity index is 1420. The van der Waals surface area contributed by atoms with Crippen molar-refractivity contribution in [2.75, 3.05) is 7.11 Å². The zero-order valence-corrected chi connectivity index (χ0v) is 20.2. The first-order valence-electron chi connectivity index (χ1n) is 10.4. The number of hydrogen-bond acceptors (Lipinski definition) is 6. The number of rotatable bonds is 5. The number of carbonyl (C=O) groups is 1. The van der Waals surface area contributed by atoms with E-state index in [2.05, 4.69) is 4.99 Å². The van der Waals surface area contributed by atoms with Gasteiger partial charge in [-0.05, 0) is 56.2 Å². The molecule has 4 rings (SSSR count). The van der Waals surface area contributed by atoms with Gasteiger partial charge in [0.15, 0.2) is 4.80 Å². The maximum atomic E-state index is 13.6. The van der Waals surface area contributed by atoms with Gasteiger partial charge in [0.05, 0.1) is 35.1 Å². The molecule has 1 aliphatic rings. The number of hydrogen-bond donors (Lipinski definition) is 0. The number of benzene rings is 2. The van der Waals surface area contributed by atoms with Crippen molar-refractivity contribution in [3.8, 4) is 5.75 Å². The van der Waals surface area contributed by atoms with Crippen LogP contribution in [0.4, 0.5) is 0 Å². The van der Waals surface area contributed by atoms with Crippen molar-refractivity contribution in [3.05, 3.63) is 95.6 Å². The molecule has 0 N–H and O–H groups in total. The highest BCUT2D eigenvalue weighted by Crippen LogP contribution is 2.31.